The largest absolute Gasteiger partial charge is 0.381 e. The van der Waals surface area contributed by atoms with E-state index in [4.69, 9.17) is 16.3 Å². The van der Waals surface area contributed by atoms with Crippen LogP contribution in [0.1, 0.15) is 54.4 Å². The first-order chi connectivity index (χ1) is 17.1. The molecule has 3 heterocycles. The summed E-state index contributed by atoms with van der Waals surface area (Å²) in [5.41, 5.74) is 1.52. The summed E-state index contributed by atoms with van der Waals surface area (Å²) < 4.78 is 5.40. The minimum absolute atomic E-state index is 0.0444. The summed E-state index contributed by atoms with van der Waals surface area (Å²) in [6.45, 7) is 2.33. The highest BCUT2D eigenvalue weighted by molar-refractivity contribution is 6.35. The van der Waals surface area contributed by atoms with Gasteiger partial charge in [0.15, 0.2) is 5.78 Å². The van der Waals surface area contributed by atoms with Gasteiger partial charge in [0.05, 0.1) is 16.0 Å². The van der Waals surface area contributed by atoms with E-state index in [0.717, 1.165) is 58.3 Å². The minimum Gasteiger partial charge on any atom is -0.381 e. The van der Waals surface area contributed by atoms with Gasteiger partial charge >= 0.3 is 0 Å². The molecule has 2 fully saturated rings. The van der Waals surface area contributed by atoms with Crippen LogP contribution in [0.4, 0.5) is 5.82 Å². The zero-order valence-corrected chi connectivity index (χ0v) is 20.3. The number of hydrogen-bond donors (Lipinski definition) is 3. The molecule has 0 radical (unpaired) electrons. The number of benzene rings is 1. The number of H-pyrrole nitrogens is 1. The first kappa shape index (κ1) is 23.8. The van der Waals surface area contributed by atoms with E-state index in [1.165, 1.54) is 6.33 Å². The first-order valence-electron chi connectivity index (χ1n) is 12.3. The maximum atomic E-state index is 13.2. The van der Waals surface area contributed by atoms with Gasteiger partial charge in [-0.25, -0.2) is 9.97 Å². The average molecular weight is 496 g/mol. The molecule has 1 saturated carbocycles. The molecule has 3 aromatic rings. The SMILES string of the molecule is O=C(c1ccccc1Cl)c1c[nH]c2ncnc(NC3CCC(C(=O)NCC4CCOCC4)CC3)c12. The number of rotatable bonds is 7. The summed E-state index contributed by atoms with van der Waals surface area (Å²) in [6, 6.07) is 7.19. The van der Waals surface area contributed by atoms with Crippen molar-refractivity contribution in [2.45, 2.75) is 44.6 Å². The molecule has 1 aliphatic heterocycles. The smallest absolute Gasteiger partial charge is 0.223 e. The highest BCUT2D eigenvalue weighted by Gasteiger charge is 2.28. The highest BCUT2D eigenvalue weighted by Crippen LogP contribution is 2.31. The Bertz CT molecular complexity index is 1200. The van der Waals surface area contributed by atoms with Crippen LogP contribution in [0.5, 0.6) is 0 Å². The zero-order valence-electron chi connectivity index (χ0n) is 19.6. The van der Waals surface area contributed by atoms with Gasteiger partial charge in [-0.15, -0.1) is 0 Å². The predicted octanol–water partition coefficient (Wildman–Crippen LogP) is 4.36. The summed E-state index contributed by atoms with van der Waals surface area (Å²) in [6.07, 6.45) is 8.55. The molecule has 1 saturated heterocycles. The maximum Gasteiger partial charge on any atom is 0.223 e. The second kappa shape index (κ2) is 10.7. The second-order valence-corrected chi connectivity index (χ2v) is 9.86. The fourth-order valence-electron chi connectivity index (χ4n) is 5.07. The van der Waals surface area contributed by atoms with Crippen LogP contribution in [0.15, 0.2) is 36.8 Å². The molecular weight excluding hydrogens is 466 g/mol. The van der Waals surface area contributed by atoms with Crippen LogP contribution in [-0.4, -0.2) is 52.4 Å². The summed E-state index contributed by atoms with van der Waals surface area (Å²) in [5, 5.41) is 7.74. The van der Waals surface area contributed by atoms with Crippen molar-refractivity contribution in [1.82, 2.24) is 20.3 Å². The van der Waals surface area contributed by atoms with Crippen molar-refractivity contribution in [1.29, 1.82) is 0 Å². The van der Waals surface area contributed by atoms with Crippen molar-refractivity contribution in [3.8, 4) is 0 Å². The second-order valence-electron chi connectivity index (χ2n) is 9.45. The van der Waals surface area contributed by atoms with Crippen LogP contribution in [-0.2, 0) is 9.53 Å². The number of amides is 1. The number of ether oxygens (including phenoxy) is 1. The van der Waals surface area contributed by atoms with Crippen LogP contribution < -0.4 is 10.6 Å². The summed E-state index contributed by atoms with van der Waals surface area (Å²) in [5.74, 6) is 1.18. The fourth-order valence-corrected chi connectivity index (χ4v) is 5.30. The molecular formula is C26H30ClN5O3. The van der Waals surface area contributed by atoms with E-state index in [9.17, 15) is 9.59 Å². The molecule has 0 unspecified atom stereocenters. The minimum atomic E-state index is -0.176. The highest BCUT2D eigenvalue weighted by atomic mass is 35.5. The van der Waals surface area contributed by atoms with Gasteiger partial charge in [-0.3, -0.25) is 9.59 Å². The molecule has 0 bridgehead atoms. The van der Waals surface area contributed by atoms with E-state index in [1.54, 1.807) is 30.5 Å². The van der Waals surface area contributed by atoms with Gasteiger partial charge in [-0.05, 0) is 56.6 Å². The van der Waals surface area contributed by atoms with Crippen molar-refractivity contribution < 1.29 is 14.3 Å². The lowest BCUT2D eigenvalue weighted by Gasteiger charge is -2.29. The van der Waals surface area contributed by atoms with Crippen LogP contribution in [0.2, 0.25) is 5.02 Å². The van der Waals surface area contributed by atoms with Gasteiger partial charge in [0.25, 0.3) is 0 Å². The van der Waals surface area contributed by atoms with Gasteiger partial charge in [0.2, 0.25) is 5.91 Å². The number of aromatic nitrogens is 3. The number of nitrogens with one attached hydrogen (secondary N) is 3. The Morgan fingerprint density at radius 2 is 1.80 bits per heavy atom. The van der Waals surface area contributed by atoms with E-state index in [2.05, 4.69) is 25.6 Å². The van der Waals surface area contributed by atoms with Gasteiger partial charge < -0.3 is 20.4 Å². The molecule has 0 spiro atoms. The number of halogens is 1. The molecule has 1 amide bonds. The fraction of sp³-hybridized carbons (Fsp3) is 0.462. The lowest BCUT2D eigenvalue weighted by atomic mass is 9.85. The predicted molar refractivity (Wildman–Crippen MR) is 135 cm³/mol. The monoisotopic (exact) mass is 495 g/mol. The zero-order chi connectivity index (χ0) is 24.2. The van der Waals surface area contributed by atoms with Crippen LogP contribution in [0.25, 0.3) is 11.0 Å². The van der Waals surface area contributed by atoms with Crippen LogP contribution >= 0.6 is 11.6 Å². The molecule has 35 heavy (non-hydrogen) atoms. The third-order valence-corrected chi connectivity index (χ3v) is 7.51. The lowest BCUT2D eigenvalue weighted by molar-refractivity contribution is -0.126. The third kappa shape index (κ3) is 5.33. The van der Waals surface area contributed by atoms with Gasteiger partial charge in [-0.1, -0.05) is 23.7 Å². The number of fused-ring (bicyclic) bond motifs is 1. The topological polar surface area (TPSA) is 109 Å². The number of carbonyl (C=O) groups is 2. The van der Waals surface area contributed by atoms with E-state index in [-0.39, 0.29) is 23.7 Å². The van der Waals surface area contributed by atoms with E-state index < -0.39 is 0 Å². The molecule has 2 aromatic heterocycles. The molecule has 1 aromatic carbocycles. The van der Waals surface area contributed by atoms with E-state index in [0.29, 0.717) is 38.9 Å². The average Bonchev–Trinajstić information content (AvgIpc) is 3.33. The number of ketones is 1. The van der Waals surface area contributed by atoms with Gasteiger partial charge in [0, 0.05) is 43.5 Å². The Hall–Kier alpha value is -2.97. The number of anilines is 1. The van der Waals surface area contributed by atoms with Crippen LogP contribution in [0.3, 0.4) is 0 Å². The molecule has 1 aliphatic carbocycles. The molecule has 3 N–H and O–H groups in total. The van der Waals surface area contributed by atoms with Crippen LogP contribution in [0, 0.1) is 11.8 Å². The molecule has 0 atom stereocenters. The maximum absolute atomic E-state index is 13.2. The Kier molecular flexibility index (Phi) is 7.29. The number of nitrogens with zero attached hydrogens (tertiary/aromatic N) is 2. The Balaban J connectivity index is 1.23. The Morgan fingerprint density at radius 1 is 1.03 bits per heavy atom. The van der Waals surface area contributed by atoms with E-state index in [1.807, 2.05) is 0 Å². The molecule has 2 aliphatic rings. The normalized spacial score (nSPS) is 21.1. The standard InChI is InChI=1S/C26H30ClN5O3/c27-21-4-2-1-3-19(21)23(33)20-14-28-24-22(20)25(31-15-30-24)32-18-7-5-17(6-8-18)26(34)29-13-16-9-11-35-12-10-16/h1-4,14-18H,5-13H2,(H,29,34)(H2,28,30,31,32). The summed E-state index contributed by atoms with van der Waals surface area (Å²) >= 11 is 6.27. The van der Waals surface area contributed by atoms with Crippen molar-refractivity contribution in [3.63, 3.8) is 0 Å². The van der Waals surface area contributed by atoms with Gasteiger partial charge in [0.1, 0.15) is 17.8 Å². The van der Waals surface area contributed by atoms with Crippen molar-refractivity contribution in [2.75, 3.05) is 25.1 Å². The van der Waals surface area contributed by atoms with Crippen molar-refractivity contribution >= 4 is 40.1 Å². The molecule has 9 heteroatoms. The third-order valence-electron chi connectivity index (χ3n) is 7.18. The van der Waals surface area contributed by atoms with E-state index >= 15 is 0 Å². The molecule has 8 nitrogen and oxygen atoms in total. The number of carbonyl (C=O) groups excluding carboxylic acids is 2. The summed E-state index contributed by atoms with van der Waals surface area (Å²) in [4.78, 5) is 37.8. The van der Waals surface area contributed by atoms with Gasteiger partial charge in [-0.2, -0.15) is 0 Å². The number of hydrogen-bond acceptors (Lipinski definition) is 6. The Labute approximate surface area is 209 Å². The van der Waals surface area contributed by atoms with Crippen molar-refractivity contribution in [3.05, 3.63) is 52.9 Å². The molecule has 5 rings (SSSR count). The molecule has 184 valence electrons. The first-order valence-corrected chi connectivity index (χ1v) is 12.7. The quantitative estimate of drug-likeness (QED) is 0.420. The number of aromatic amines is 1. The Morgan fingerprint density at radius 3 is 2.57 bits per heavy atom. The lowest BCUT2D eigenvalue weighted by Crippen LogP contribution is -2.39. The summed E-state index contributed by atoms with van der Waals surface area (Å²) in [7, 11) is 0. The van der Waals surface area contributed by atoms with Crippen molar-refractivity contribution in [2.24, 2.45) is 11.8 Å².